The average molecular weight is 461 g/mol. The lowest BCUT2D eigenvalue weighted by Crippen LogP contribution is -2.09. The van der Waals surface area contributed by atoms with Crippen LogP contribution in [0.5, 0.6) is 0 Å². The van der Waals surface area contributed by atoms with E-state index in [0.717, 1.165) is 0 Å². The summed E-state index contributed by atoms with van der Waals surface area (Å²) in [6.07, 6.45) is 0. The molecule has 0 saturated heterocycles. The van der Waals surface area contributed by atoms with Crippen LogP contribution in [0.4, 0.5) is 11.4 Å². The highest BCUT2D eigenvalue weighted by Crippen LogP contribution is 2.45. The minimum Gasteiger partial charge on any atom is -0.462 e. The quantitative estimate of drug-likeness (QED) is 0.325. The third-order valence-electron chi connectivity index (χ3n) is 3.43. The summed E-state index contributed by atoms with van der Waals surface area (Å²) in [5.41, 5.74) is 13.1. The highest BCUT2D eigenvalue weighted by atomic mass is 35.5. The molecular formula is C18H18Cl2N2O4S2. The molecule has 6 nitrogen and oxygen atoms in total. The number of nitrogen functional groups attached to an aromatic ring is 2. The molecule has 0 bridgehead atoms. The van der Waals surface area contributed by atoms with Crippen molar-refractivity contribution >= 4 is 68.1 Å². The molecule has 10 heteroatoms. The van der Waals surface area contributed by atoms with Crippen LogP contribution in [0.2, 0.25) is 10.0 Å². The van der Waals surface area contributed by atoms with Crippen molar-refractivity contribution in [3.63, 3.8) is 0 Å². The van der Waals surface area contributed by atoms with Crippen LogP contribution in [0.1, 0.15) is 34.6 Å². The molecule has 0 saturated carbocycles. The van der Waals surface area contributed by atoms with Gasteiger partial charge in [0.15, 0.2) is 0 Å². The number of hydrogen-bond donors (Lipinski definition) is 2. The smallest absolute Gasteiger partial charge is 0.340 e. The summed E-state index contributed by atoms with van der Waals surface area (Å²) >= 11 is 12.2. The normalized spacial score (nSPS) is 10.6. The number of ether oxygens (including phenoxy) is 2. The number of benzene rings is 2. The van der Waals surface area contributed by atoms with Crippen LogP contribution in [0.25, 0.3) is 0 Å². The predicted molar refractivity (Wildman–Crippen MR) is 115 cm³/mol. The van der Waals surface area contributed by atoms with Crippen molar-refractivity contribution in [2.24, 2.45) is 0 Å². The highest BCUT2D eigenvalue weighted by Gasteiger charge is 2.19. The van der Waals surface area contributed by atoms with Gasteiger partial charge in [0.2, 0.25) is 0 Å². The van der Waals surface area contributed by atoms with Gasteiger partial charge in [-0.05, 0) is 38.1 Å². The van der Waals surface area contributed by atoms with E-state index in [4.69, 9.17) is 44.1 Å². The zero-order valence-corrected chi connectivity index (χ0v) is 18.2. The fourth-order valence-electron chi connectivity index (χ4n) is 2.17. The van der Waals surface area contributed by atoms with Crippen molar-refractivity contribution in [1.29, 1.82) is 0 Å². The summed E-state index contributed by atoms with van der Waals surface area (Å²) in [5.74, 6) is -1.11. The van der Waals surface area contributed by atoms with Crippen LogP contribution in [-0.2, 0) is 9.47 Å². The van der Waals surface area contributed by atoms with E-state index in [1.54, 1.807) is 26.0 Å². The molecule has 0 radical (unpaired) electrons. The maximum atomic E-state index is 12.1. The molecule has 0 fully saturated rings. The molecule has 0 atom stereocenters. The summed E-state index contributed by atoms with van der Waals surface area (Å²) in [6.45, 7) is 3.84. The second-order valence-corrected chi connectivity index (χ2v) is 8.42. The van der Waals surface area contributed by atoms with Crippen LogP contribution in [-0.4, -0.2) is 25.2 Å². The van der Waals surface area contributed by atoms with E-state index in [2.05, 4.69) is 0 Å². The topological polar surface area (TPSA) is 105 Å². The number of rotatable bonds is 7. The Hall–Kier alpha value is -1.74. The van der Waals surface area contributed by atoms with E-state index in [-0.39, 0.29) is 35.7 Å². The summed E-state index contributed by atoms with van der Waals surface area (Å²) in [6, 6.07) is 6.17. The zero-order valence-electron chi connectivity index (χ0n) is 15.1. The molecule has 0 heterocycles. The lowest BCUT2D eigenvalue weighted by molar-refractivity contribution is 0.0517. The first-order valence-electron chi connectivity index (χ1n) is 8.15. The van der Waals surface area contributed by atoms with E-state index in [0.29, 0.717) is 19.8 Å². The van der Waals surface area contributed by atoms with Gasteiger partial charge in [-0.3, -0.25) is 0 Å². The van der Waals surface area contributed by atoms with Gasteiger partial charge in [-0.2, -0.15) is 0 Å². The zero-order chi connectivity index (χ0) is 20.8. The third-order valence-corrected chi connectivity index (χ3v) is 6.31. The fourth-order valence-corrected chi connectivity index (χ4v) is 5.03. The maximum absolute atomic E-state index is 12.1. The van der Waals surface area contributed by atoms with E-state index in [1.165, 1.54) is 33.7 Å². The van der Waals surface area contributed by atoms with E-state index in [9.17, 15) is 9.59 Å². The van der Waals surface area contributed by atoms with Gasteiger partial charge >= 0.3 is 11.9 Å². The number of halogens is 2. The first-order chi connectivity index (χ1) is 13.3. The van der Waals surface area contributed by atoms with Crippen molar-refractivity contribution in [1.82, 2.24) is 0 Å². The van der Waals surface area contributed by atoms with Crippen LogP contribution in [0.3, 0.4) is 0 Å². The molecule has 0 aliphatic carbocycles. The Morgan fingerprint density at radius 3 is 1.50 bits per heavy atom. The predicted octanol–water partition coefficient (Wildman–Crippen LogP) is 5.31. The van der Waals surface area contributed by atoms with E-state index in [1.807, 2.05) is 0 Å². The van der Waals surface area contributed by atoms with Crippen LogP contribution in [0.15, 0.2) is 34.1 Å². The first kappa shape index (κ1) is 22.5. The number of hydrogen-bond acceptors (Lipinski definition) is 8. The molecule has 2 rings (SSSR count). The fraction of sp³-hybridized carbons (Fsp3) is 0.222. The van der Waals surface area contributed by atoms with Crippen molar-refractivity contribution in [3.8, 4) is 0 Å². The highest BCUT2D eigenvalue weighted by molar-refractivity contribution is 8.76. The van der Waals surface area contributed by atoms with Gasteiger partial charge in [0.1, 0.15) is 0 Å². The van der Waals surface area contributed by atoms with Crippen molar-refractivity contribution in [3.05, 3.63) is 45.4 Å². The Morgan fingerprint density at radius 2 is 1.18 bits per heavy atom. The van der Waals surface area contributed by atoms with E-state index >= 15 is 0 Å². The molecule has 2 aromatic rings. The molecule has 0 aliphatic heterocycles. The second kappa shape index (κ2) is 10.2. The summed E-state index contributed by atoms with van der Waals surface area (Å²) in [4.78, 5) is 25.2. The summed E-state index contributed by atoms with van der Waals surface area (Å²) in [5, 5.41) is 0.679. The number of anilines is 2. The van der Waals surface area contributed by atoms with Gasteiger partial charge in [-0.15, -0.1) is 0 Å². The Balaban J connectivity index is 2.32. The third kappa shape index (κ3) is 5.41. The first-order valence-corrected chi connectivity index (χ1v) is 11.1. The maximum Gasteiger partial charge on any atom is 0.340 e. The SMILES string of the molecule is CCOC(=O)c1cc(Cl)cc(SSc2cc(Cl)cc(C(=O)OCC)c2N)c1N. The molecule has 0 amide bonds. The summed E-state index contributed by atoms with van der Waals surface area (Å²) in [7, 11) is 2.46. The summed E-state index contributed by atoms with van der Waals surface area (Å²) < 4.78 is 10.00. The monoisotopic (exact) mass is 460 g/mol. The van der Waals surface area contributed by atoms with E-state index < -0.39 is 11.9 Å². The minimum atomic E-state index is -0.554. The van der Waals surface area contributed by atoms with Gasteiger partial charge in [0.25, 0.3) is 0 Å². The molecule has 0 unspecified atom stereocenters. The van der Waals surface area contributed by atoms with Crippen molar-refractivity contribution < 1.29 is 19.1 Å². The molecule has 0 aliphatic rings. The Morgan fingerprint density at radius 1 is 0.821 bits per heavy atom. The van der Waals surface area contributed by atoms with Crippen LogP contribution < -0.4 is 11.5 Å². The molecule has 28 heavy (non-hydrogen) atoms. The second-order valence-electron chi connectivity index (χ2n) is 5.34. The Bertz CT molecular complexity index is 836. The standard InChI is InChI=1S/C18H18Cl2N2O4S2/c1-3-25-17(23)11-5-9(19)7-13(15(11)21)27-28-14-8-10(20)6-12(16(14)22)18(24)26-4-2/h5-8H,3-4,21-22H2,1-2H3. The minimum absolute atomic E-state index is 0.184. The van der Waals surface area contributed by atoms with Gasteiger partial charge < -0.3 is 20.9 Å². The number of carbonyl (C=O) groups is 2. The molecule has 2 aromatic carbocycles. The van der Waals surface area contributed by atoms with Crippen LogP contribution >= 0.6 is 44.8 Å². The van der Waals surface area contributed by atoms with Gasteiger partial charge in [0, 0.05) is 19.8 Å². The lowest BCUT2D eigenvalue weighted by Gasteiger charge is -2.13. The van der Waals surface area contributed by atoms with Crippen molar-refractivity contribution in [2.75, 3.05) is 24.7 Å². The van der Waals surface area contributed by atoms with Gasteiger partial charge in [-0.1, -0.05) is 44.8 Å². The van der Waals surface area contributed by atoms with Gasteiger partial charge in [0.05, 0.1) is 35.7 Å². The number of nitrogens with two attached hydrogens (primary N) is 2. The van der Waals surface area contributed by atoms with Gasteiger partial charge in [-0.25, -0.2) is 9.59 Å². The number of esters is 2. The average Bonchev–Trinajstić information content (AvgIpc) is 2.64. The molecule has 4 N–H and O–H groups in total. The van der Waals surface area contributed by atoms with Crippen LogP contribution in [0, 0.1) is 0 Å². The molecule has 150 valence electrons. The lowest BCUT2D eigenvalue weighted by atomic mass is 10.2. The molecule has 0 aromatic heterocycles. The Labute approximate surface area is 180 Å². The Kier molecular flexibility index (Phi) is 8.18. The molecule has 0 spiro atoms. The van der Waals surface area contributed by atoms with Crippen molar-refractivity contribution in [2.45, 2.75) is 23.6 Å². The number of carbonyl (C=O) groups excluding carboxylic acids is 2. The molecular weight excluding hydrogens is 443 g/mol. The largest absolute Gasteiger partial charge is 0.462 e.